The highest BCUT2D eigenvalue weighted by Crippen LogP contribution is 2.23. The molecule has 1 aromatic heterocycles. The van der Waals surface area contributed by atoms with Crippen LogP contribution in [-0.2, 0) is 4.79 Å². The van der Waals surface area contributed by atoms with Crippen molar-refractivity contribution in [1.29, 1.82) is 0 Å². The summed E-state index contributed by atoms with van der Waals surface area (Å²) in [5, 5.41) is 22.5. The summed E-state index contributed by atoms with van der Waals surface area (Å²) in [6.45, 7) is 3.95. The lowest BCUT2D eigenvalue weighted by atomic mass is 10.1. The Morgan fingerprint density at radius 3 is 2.65 bits per heavy atom. The summed E-state index contributed by atoms with van der Waals surface area (Å²) < 4.78 is 0. The van der Waals surface area contributed by atoms with Crippen molar-refractivity contribution in [3.8, 4) is 0 Å². The van der Waals surface area contributed by atoms with Gasteiger partial charge in [-0.25, -0.2) is 0 Å². The Balaban J connectivity index is 2.32. The number of benzene rings is 1. The normalized spacial score (nSPS) is 12.3. The van der Waals surface area contributed by atoms with Gasteiger partial charge in [0.1, 0.15) is 0 Å². The van der Waals surface area contributed by atoms with Crippen LogP contribution in [-0.4, -0.2) is 27.3 Å². The molecule has 0 aliphatic rings. The highest BCUT2D eigenvalue weighted by atomic mass is 16.4. The number of carbonyl (C=O) groups is 1. The van der Waals surface area contributed by atoms with E-state index in [2.05, 4.69) is 15.5 Å². The third-order valence-corrected chi connectivity index (χ3v) is 3.27. The molecule has 106 valence electrons. The molecule has 1 aromatic carbocycles. The van der Waals surface area contributed by atoms with Gasteiger partial charge in [0.05, 0.1) is 12.1 Å². The third kappa shape index (κ3) is 3.23. The predicted octanol–water partition coefficient (Wildman–Crippen LogP) is 2.99. The molecule has 2 N–H and O–H groups in total. The molecule has 2 aromatic rings. The van der Waals surface area contributed by atoms with Gasteiger partial charge in [0.15, 0.2) is 5.82 Å². The highest BCUT2D eigenvalue weighted by Gasteiger charge is 2.15. The van der Waals surface area contributed by atoms with E-state index in [0.717, 1.165) is 29.3 Å². The van der Waals surface area contributed by atoms with Gasteiger partial charge in [0.25, 0.3) is 0 Å². The van der Waals surface area contributed by atoms with Crippen molar-refractivity contribution in [3.63, 3.8) is 0 Å². The average molecular weight is 273 g/mol. The lowest BCUT2D eigenvalue weighted by Gasteiger charge is -2.17. The monoisotopic (exact) mass is 273 g/mol. The van der Waals surface area contributed by atoms with Crippen LogP contribution in [0.15, 0.2) is 24.3 Å². The second kappa shape index (κ2) is 6.32. The van der Waals surface area contributed by atoms with Crippen LogP contribution in [0.2, 0.25) is 0 Å². The van der Waals surface area contributed by atoms with E-state index in [9.17, 15) is 4.79 Å². The van der Waals surface area contributed by atoms with Crippen LogP contribution in [0.3, 0.4) is 0 Å². The molecule has 0 saturated carbocycles. The number of anilines is 1. The summed E-state index contributed by atoms with van der Waals surface area (Å²) in [5.41, 5.74) is 0.872. The number of carboxylic acid groups (broad SMARTS) is 1. The van der Waals surface area contributed by atoms with Crippen LogP contribution in [0.1, 0.15) is 31.9 Å². The topological polar surface area (TPSA) is 75.1 Å². The zero-order chi connectivity index (χ0) is 14.5. The fourth-order valence-electron chi connectivity index (χ4n) is 2.32. The molecule has 2 rings (SSSR count). The third-order valence-electron chi connectivity index (χ3n) is 3.27. The van der Waals surface area contributed by atoms with Gasteiger partial charge in [0.2, 0.25) is 0 Å². The SMILES string of the molecule is CCCC(CC(=O)O)Nc1nnc(C)c2ccccc12. The first-order valence-corrected chi connectivity index (χ1v) is 6.82. The molecule has 0 bridgehead atoms. The van der Waals surface area contributed by atoms with Gasteiger partial charge in [-0.15, -0.1) is 5.10 Å². The van der Waals surface area contributed by atoms with Crippen LogP contribution >= 0.6 is 0 Å². The Labute approximate surface area is 118 Å². The summed E-state index contributed by atoms with van der Waals surface area (Å²) in [7, 11) is 0. The Morgan fingerprint density at radius 1 is 1.30 bits per heavy atom. The molecular weight excluding hydrogens is 254 g/mol. The molecule has 0 fully saturated rings. The number of nitrogens with one attached hydrogen (secondary N) is 1. The number of aliphatic carboxylic acids is 1. The molecule has 0 aliphatic carbocycles. The van der Waals surface area contributed by atoms with Crippen molar-refractivity contribution < 1.29 is 9.90 Å². The molecule has 0 amide bonds. The minimum Gasteiger partial charge on any atom is -0.481 e. The van der Waals surface area contributed by atoms with Gasteiger partial charge in [-0.05, 0) is 13.3 Å². The Kier molecular flexibility index (Phi) is 4.50. The van der Waals surface area contributed by atoms with E-state index in [4.69, 9.17) is 5.11 Å². The average Bonchev–Trinajstić information content (AvgIpc) is 2.42. The first-order chi connectivity index (χ1) is 9.61. The lowest BCUT2D eigenvalue weighted by Crippen LogP contribution is -2.24. The maximum atomic E-state index is 10.9. The van der Waals surface area contributed by atoms with E-state index < -0.39 is 5.97 Å². The number of fused-ring (bicyclic) bond motifs is 1. The van der Waals surface area contributed by atoms with E-state index in [0.29, 0.717) is 5.82 Å². The van der Waals surface area contributed by atoms with Crippen molar-refractivity contribution in [2.24, 2.45) is 0 Å². The van der Waals surface area contributed by atoms with Crippen molar-refractivity contribution in [2.75, 3.05) is 5.32 Å². The standard InChI is InChI=1S/C15H19N3O2/c1-3-6-11(9-14(19)20)16-15-13-8-5-4-7-12(13)10(2)17-18-15/h4-5,7-8,11H,3,6,9H2,1-2H3,(H,16,18)(H,19,20). The maximum absolute atomic E-state index is 10.9. The Bertz CT molecular complexity index is 613. The summed E-state index contributed by atoms with van der Waals surface area (Å²) in [5.74, 6) is -0.147. The van der Waals surface area contributed by atoms with E-state index in [1.54, 1.807) is 0 Å². The fourth-order valence-corrected chi connectivity index (χ4v) is 2.32. The molecule has 0 radical (unpaired) electrons. The highest BCUT2D eigenvalue weighted by molar-refractivity contribution is 5.93. The van der Waals surface area contributed by atoms with Gasteiger partial charge >= 0.3 is 5.97 Å². The molecule has 0 spiro atoms. The molecule has 1 atom stereocenters. The number of hydrogen-bond acceptors (Lipinski definition) is 4. The van der Waals surface area contributed by atoms with Crippen molar-refractivity contribution in [1.82, 2.24) is 10.2 Å². The molecule has 5 nitrogen and oxygen atoms in total. The van der Waals surface area contributed by atoms with E-state index in [1.807, 2.05) is 38.1 Å². The summed E-state index contributed by atoms with van der Waals surface area (Å²) >= 11 is 0. The van der Waals surface area contributed by atoms with Gasteiger partial charge in [-0.2, -0.15) is 5.10 Å². The Morgan fingerprint density at radius 2 is 2.00 bits per heavy atom. The summed E-state index contributed by atoms with van der Waals surface area (Å²) in [4.78, 5) is 10.9. The number of aryl methyl sites for hydroxylation is 1. The van der Waals surface area contributed by atoms with Crippen LogP contribution in [0.5, 0.6) is 0 Å². The van der Waals surface area contributed by atoms with Gasteiger partial charge in [-0.3, -0.25) is 4.79 Å². The second-order valence-corrected chi connectivity index (χ2v) is 4.91. The molecule has 5 heteroatoms. The predicted molar refractivity (Wildman–Crippen MR) is 78.8 cm³/mol. The molecule has 0 aliphatic heterocycles. The smallest absolute Gasteiger partial charge is 0.305 e. The van der Waals surface area contributed by atoms with E-state index in [-0.39, 0.29) is 12.5 Å². The van der Waals surface area contributed by atoms with Crippen molar-refractivity contribution in [3.05, 3.63) is 30.0 Å². The first kappa shape index (κ1) is 14.2. The largest absolute Gasteiger partial charge is 0.481 e. The lowest BCUT2D eigenvalue weighted by molar-refractivity contribution is -0.137. The number of aromatic nitrogens is 2. The molecule has 1 unspecified atom stereocenters. The number of hydrogen-bond donors (Lipinski definition) is 2. The van der Waals surface area contributed by atoms with Crippen molar-refractivity contribution >= 4 is 22.6 Å². The molecule has 20 heavy (non-hydrogen) atoms. The van der Waals surface area contributed by atoms with Gasteiger partial charge < -0.3 is 10.4 Å². The van der Waals surface area contributed by atoms with Crippen LogP contribution < -0.4 is 5.32 Å². The van der Waals surface area contributed by atoms with Crippen LogP contribution in [0.4, 0.5) is 5.82 Å². The minimum absolute atomic E-state index is 0.0811. The number of rotatable bonds is 6. The maximum Gasteiger partial charge on any atom is 0.305 e. The van der Waals surface area contributed by atoms with Crippen LogP contribution in [0.25, 0.3) is 10.8 Å². The number of nitrogens with zero attached hydrogens (tertiary/aromatic N) is 2. The van der Waals surface area contributed by atoms with Crippen LogP contribution in [0, 0.1) is 6.92 Å². The summed E-state index contributed by atoms with van der Waals surface area (Å²) in [6, 6.07) is 7.75. The fraction of sp³-hybridized carbons (Fsp3) is 0.400. The van der Waals surface area contributed by atoms with Gasteiger partial charge in [-0.1, -0.05) is 37.6 Å². The zero-order valence-electron chi connectivity index (χ0n) is 11.8. The molecule has 0 saturated heterocycles. The van der Waals surface area contributed by atoms with E-state index >= 15 is 0 Å². The van der Waals surface area contributed by atoms with Gasteiger partial charge in [0, 0.05) is 16.8 Å². The van der Waals surface area contributed by atoms with Crippen molar-refractivity contribution in [2.45, 2.75) is 39.2 Å². The Hall–Kier alpha value is -2.17. The molecular formula is C15H19N3O2. The first-order valence-electron chi connectivity index (χ1n) is 6.82. The van der Waals surface area contributed by atoms with E-state index in [1.165, 1.54) is 0 Å². The minimum atomic E-state index is -0.805. The quantitative estimate of drug-likeness (QED) is 0.846. The summed E-state index contributed by atoms with van der Waals surface area (Å²) in [6.07, 6.45) is 1.79. The molecule has 1 heterocycles. The second-order valence-electron chi connectivity index (χ2n) is 4.91. The zero-order valence-corrected chi connectivity index (χ0v) is 11.8. The number of carboxylic acids is 1.